The minimum atomic E-state index is -3.21. The molecule has 0 aromatic rings. The number of aliphatic carboxylic acids is 1. The monoisotopic (exact) mass is 306 g/mol. The molecule has 1 fully saturated rings. The van der Waals surface area contributed by atoms with Crippen molar-refractivity contribution in [3.05, 3.63) is 0 Å². The van der Waals surface area contributed by atoms with Crippen LogP contribution in [0.15, 0.2) is 0 Å². The molecule has 7 nitrogen and oxygen atoms in total. The lowest BCUT2D eigenvalue weighted by Crippen LogP contribution is -2.42. The number of nitrogens with one attached hydrogen (secondary N) is 1. The predicted octanol–water partition coefficient (Wildman–Crippen LogP) is 0.0275. The van der Waals surface area contributed by atoms with E-state index in [2.05, 4.69) is 5.32 Å². The summed E-state index contributed by atoms with van der Waals surface area (Å²) in [4.78, 5) is 22.7. The molecule has 116 valence electrons. The minimum absolute atomic E-state index is 0.0128. The standard InChI is InChI=1S/C12H22N2O5S/c1-9(2)8-10(12(16)17)13-11(15)4-6-14-5-3-7-20(14,18)19/h9-10H,3-8H2,1-2H3,(H,13,15)(H,16,17)/t10-/m0/s1. The number of carboxylic acids is 1. The number of hydrogen-bond acceptors (Lipinski definition) is 4. The van der Waals surface area contributed by atoms with Crippen LogP contribution in [0, 0.1) is 5.92 Å². The van der Waals surface area contributed by atoms with E-state index in [0.29, 0.717) is 19.4 Å². The minimum Gasteiger partial charge on any atom is -0.480 e. The van der Waals surface area contributed by atoms with Gasteiger partial charge in [0, 0.05) is 19.5 Å². The largest absolute Gasteiger partial charge is 0.480 e. The summed E-state index contributed by atoms with van der Waals surface area (Å²) in [5.74, 6) is -1.23. The van der Waals surface area contributed by atoms with E-state index in [-0.39, 0.29) is 24.6 Å². The second-order valence-corrected chi connectivity index (χ2v) is 7.49. The molecule has 1 rings (SSSR count). The highest BCUT2D eigenvalue weighted by Crippen LogP contribution is 2.13. The zero-order valence-electron chi connectivity index (χ0n) is 11.8. The van der Waals surface area contributed by atoms with Crippen LogP contribution >= 0.6 is 0 Å². The third-order valence-corrected chi connectivity index (χ3v) is 5.09. The van der Waals surface area contributed by atoms with Crippen molar-refractivity contribution >= 4 is 21.9 Å². The maximum atomic E-state index is 11.7. The average molecular weight is 306 g/mol. The first-order valence-corrected chi connectivity index (χ1v) is 8.33. The van der Waals surface area contributed by atoms with Gasteiger partial charge in [0.25, 0.3) is 0 Å². The number of carboxylic acid groups (broad SMARTS) is 1. The quantitative estimate of drug-likeness (QED) is 0.690. The van der Waals surface area contributed by atoms with Gasteiger partial charge in [-0.3, -0.25) is 4.79 Å². The Bertz CT molecular complexity index is 460. The molecule has 1 aliphatic heterocycles. The second-order valence-electron chi connectivity index (χ2n) is 5.41. The molecule has 0 aliphatic carbocycles. The Morgan fingerprint density at radius 3 is 2.45 bits per heavy atom. The van der Waals surface area contributed by atoms with Crippen molar-refractivity contribution < 1.29 is 23.1 Å². The number of carbonyl (C=O) groups excluding carboxylic acids is 1. The topological polar surface area (TPSA) is 104 Å². The fraction of sp³-hybridized carbons (Fsp3) is 0.833. The van der Waals surface area contributed by atoms with Gasteiger partial charge in [-0.05, 0) is 18.8 Å². The van der Waals surface area contributed by atoms with Gasteiger partial charge in [-0.15, -0.1) is 0 Å². The van der Waals surface area contributed by atoms with E-state index in [9.17, 15) is 18.0 Å². The van der Waals surface area contributed by atoms with Gasteiger partial charge in [-0.2, -0.15) is 0 Å². The molecule has 2 N–H and O–H groups in total. The van der Waals surface area contributed by atoms with Crippen molar-refractivity contribution in [2.24, 2.45) is 5.92 Å². The maximum absolute atomic E-state index is 11.7. The number of carbonyl (C=O) groups is 2. The first-order valence-electron chi connectivity index (χ1n) is 6.72. The Hall–Kier alpha value is -1.15. The molecule has 1 amide bonds. The van der Waals surface area contributed by atoms with Gasteiger partial charge in [0.15, 0.2) is 0 Å². The van der Waals surface area contributed by atoms with Crippen molar-refractivity contribution in [2.45, 2.75) is 39.2 Å². The first kappa shape index (κ1) is 16.9. The third kappa shape index (κ3) is 5.09. The van der Waals surface area contributed by atoms with Crippen LogP contribution in [0.2, 0.25) is 0 Å². The number of amides is 1. The van der Waals surface area contributed by atoms with Gasteiger partial charge in [0.05, 0.1) is 5.75 Å². The zero-order chi connectivity index (χ0) is 15.3. The molecular weight excluding hydrogens is 284 g/mol. The van der Waals surface area contributed by atoms with Gasteiger partial charge >= 0.3 is 5.97 Å². The molecule has 0 bridgehead atoms. The molecule has 0 aromatic carbocycles. The summed E-state index contributed by atoms with van der Waals surface area (Å²) >= 11 is 0. The van der Waals surface area contributed by atoms with E-state index >= 15 is 0 Å². The molecule has 1 atom stereocenters. The Balaban J connectivity index is 2.44. The molecule has 0 radical (unpaired) electrons. The van der Waals surface area contributed by atoms with Crippen molar-refractivity contribution in [2.75, 3.05) is 18.8 Å². The van der Waals surface area contributed by atoms with Crippen molar-refractivity contribution in [1.29, 1.82) is 0 Å². The normalized spacial score (nSPS) is 19.9. The molecule has 1 saturated heterocycles. The average Bonchev–Trinajstić information content (AvgIpc) is 2.64. The molecular formula is C12H22N2O5S. The Morgan fingerprint density at radius 2 is 2.00 bits per heavy atom. The van der Waals surface area contributed by atoms with E-state index in [1.54, 1.807) is 0 Å². The van der Waals surface area contributed by atoms with Crippen LogP contribution in [0.5, 0.6) is 0 Å². The van der Waals surface area contributed by atoms with Crippen LogP contribution in [0.3, 0.4) is 0 Å². The highest BCUT2D eigenvalue weighted by Gasteiger charge is 2.28. The van der Waals surface area contributed by atoms with Crippen LogP contribution < -0.4 is 5.32 Å². The van der Waals surface area contributed by atoms with Crippen LogP contribution in [0.1, 0.15) is 33.1 Å². The zero-order valence-corrected chi connectivity index (χ0v) is 12.6. The summed E-state index contributed by atoms with van der Waals surface area (Å²) in [6, 6.07) is -0.919. The Morgan fingerprint density at radius 1 is 1.35 bits per heavy atom. The molecule has 0 aromatic heterocycles. The fourth-order valence-corrected chi connectivity index (χ4v) is 3.66. The van der Waals surface area contributed by atoms with Gasteiger partial charge < -0.3 is 10.4 Å². The van der Waals surface area contributed by atoms with Crippen molar-refractivity contribution in [3.8, 4) is 0 Å². The fourth-order valence-electron chi connectivity index (χ4n) is 2.13. The Labute approximate surface area is 119 Å². The molecule has 0 spiro atoms. The molecule has 0 saturated carbocycles. The molecule has 1 heterocycles. The molecule has 0 unspecified atom stereocenters. The molecule has 8 heteroatoms. The highest BCUT2D eigenvalue weighted by atomic mass is 32.2. The lowest BCUT2D eigenvalue weighted by molar-refractivity contribution is -0.142. The van der Waals surface area contributed by atoms with Crippen molar-refractivity contribution in [1.82, 2.24) is 9.62 Å². The van der Waals surface area contributed by atoms with E-state index in [1.807, 2.05) is 13.8 Å². The molecule has 1 aliphatic rings. The summed E-state index contributed by atoms with van der Waals surface area (Å²) in [6.07, 6.45) is 0.916. The van der Waals surface area contributed by atoms with Crippen LogP contribution in [-0.2, 0) is 19.6 Å². The van der Waals surface area contributed by atoms with E-state index < -0.39 is 27.9 Å². The van der Waals surface area contributed by atoms with E-state index in [0.717, 1.165) is 0 Å². The maximum Gasteiger partial charge on any atom is 0.326 e. The summed E-state index contributed by atoms with van der Waals surface area (Å²) in [7, 11) is -3.21. The number of hydrogen-bond donors (Lipinski definition) is 2. The summed E-state index contributed by atoms with van der Waals surface area (Å²) in [6.45, 7) is 4.30. The third-order valence-electron chi connectivity index (χ3n) is 3.13. The number of rotatable bonds is 7. The van der Waals surface area contributed by atoms with Gasteiger partial charge in [-0.1, -0.05) is 13.8 Å². The Kier molecular flexibility index (Phi) is 5.94. The lowest BCUT2D eigenvalue weighted by atomic mass is 10.0. The second kappa shape index (κ2) is 7.03. The predicted molar refractivity (Wildman–Crippen MR) is 73.6 cm³/mol. The van der Waals surface area contributed by atoms with E-state index in [4.69, 9.17) is 5.11 Å². The number of nitrogens with zero attached hydrogens (tertiary/aromatic N) is 1. The first-order chi connectivity index (χ1) is 9.22. The van der Waals surface area contributed by atoms with Crippen LogP contribution in [-0.4, -0.2) is 54.6 Å². The van der Waals surface area contributed by atoms with Crippen molar-refractivity contribution in [3.63, 3.8) is 0 Å². The van der Waals surface area contributed by atoms with Gasteiger partial charge in [0.1, 0.15) is 6.04 Å². The van der Waals surface area contributed by atoms with Gasteiger partial charge in [0.2, 0.25) is 15.9 Å². The van der Waals surface area contributed by atoms with E-state index in [1.165, 1.54) is 4.31 Å². The number of sulfonamides is 1. The smallest absolute Gasteiger partial charge is 0.326 e. The highest BCUT2D eigenvalue weighted by molar-refractivity contribution is 7.89. The van der Waals surface area contributed by atoms with Crippen LogP contribution in [0.25, 0.3) is 0 Å². The summed E-state index contributed by atoms with van der Waals surface area (Å²) in [5, 5.41) is 11.5. The summed E-state index contributed by atoms with van der Waals surface area (Å²) < 4.78 is 24.4. The van der Waals surface area contributed by atoms with Gasteiger partial charge in [-0.25, -0.2) is 17.5 Å². The lowest BCUT2D eigenvalue weighted by Gasteiger charge is -2.18. The SMILES string of the molecule is CC(C)C[C@H](NC(=O)CCN1CCCS1(=O)=O)C(=O)O. The summed E-state index contributed by atoms with van der Waals surface area (Å²) in [5.41, 5.74) is 0. The van der Waals surface area contributed by atoms with Crippen LogP contribution in [0.4, 0.5) is 0 Å². The molecule has 20 heavy (non-hydrogen) atoms.